The number of fused-ring (bicyclic) bond motifs is 1. The van der Waals surface area contributed by atoms with Gasteiger partial charge in [-0.1, -0.05) is 24.2 Å². The zero-order valence-corrected chi connectivity index (χ0v) is 19.1. The van der Waals surface area contributed by atoms with Crippen LogP contribution in [0.3, 0.4) is 0 Å². The van der Waals surface area contributed by atoms with Crippen molar-refractivity contribution in [3.63, 3.8) is 0 Å². The average Bonchev–Trinajstić information content (AvgIpc) is 3.26. The van der Waals surface area contributed by atoms with Gasteiger partial charge in [-0.05, 0) is 61.4 Å². The molecule has 0 bridgehead atoms. The van der Waals surface area contributed by atoms with E-state index in [1.807, 2.05) is 39.9 Å². The highest BCUT2D eigenvalue weighted by molar-refractivity contribution is 6.32. The van der Waals surface area contributed by atoms with E-state index in [1.165, 1.54) is 12.1 Å². The number of aromatic nitrogens is 3. The number of hydrogen-bond acceptors (Lipinski definition) is 4. The summed E-state index contributed by atoms with van der Waals surface area (Å²) >= 11 is 6.02. The van der Waals surface area contributed by atoms with Crippen LogP contribution in [0.5, 0.6) is 11.5 Å². The minimum atomic E-state index is -0.532. The van der Waals surface area contributed by atoms with Crippen molar-refractivity contribution >= 4 is 28.4 Å². The molecule has 1 unspecified atom stereocenters. The second-order valence-electron chi connectivity index (χ2n) is 8.15. The van der Waals surface area contributed by atoms with Gasteiger partial charge >= 0.3 is 0 Å². The van der Waals surface area contributed by atoms with Gasteiger partial charge in [-0.2, -0.15) is 5.10 Å². The Hall–Kier alpha value is -3.71. The van der Waals surface area contributed by atoms with Gasteiger partial charge in [0.05, 0.1) is 17.3 Å². The first kappa shape index (κ1) is 22.1. The second-order valence-corrected chi connectivity index (χ2v) is 8.53. The maximum absolute atomic E-state index is 13.7. The van der Waals surface area contributed by atoms with Crippen molar-refractivity contribution in [3.05, 3.63) is 84.4 Å². The van der Waals surface area contributed by atoms with E-state index in [1.54, 1.807) is 24.5 Å². The predicted molar refractivity (Wildman–Crippen MR) is 129 cm³/mol. The fourth-order valence-electron chi connectivity index (χ4n) is 4.35. The molecular weight excluding hydrogens is 455 g/mol. The summed E-state index contributed by atoms with van der Waals surface area (Å²) in [6.45, 7) is 4.90. The number of pyridine rings is 1. The Balaban J connectivity index is 1.50. The van der Waals surface area contributed by atoms with Gasteiger partial charge in [-0.15, -0.1) is 0 Å². The first-order chi connectivity index (χ1) is 16.5. The molecule has 1 atom stereocenters. The molecule has 6 nitrogen and oxygen atoms in total. The average molecular weight is 477 g/mol. The summed E-state index contributed by atoms with van der Waals surface area (Å²) in [6.07, 6.45) is 6.68. The second kappa shape index (κ2) is 9.27. The highest BCUT2D eigenvalue weighted by Gasteiger charge is 2.27. The standard InChI is InChI=1S/C26H22ClFN4O2/c1-2-24(33)31-14-4-5-18(16-31)32-26(20-15-29-13-12-22(20)30-32)17-8-10-19(11-9-17)34-23-7-3-6-21(28)25(23)27/h2-3,6-13,15,18H,1,4-5,14,16H2. The molecule has 0 saturated carbocycles. The minimum absolute atomic E-state index is 0.0297. The van der Waals surface area contributed by atoms with E-state index in [0.29, 0.717) is 18.8 Å². The van der Waals surface area contributed by atoms with E-state index in [9.17, 15) is 9.18 Å². The highest BCUT2D eigenvalue weighted by Crippen LogP contribution is 2.36. The molecule has 0 N–H and O–H groups in total. The third-order valence-corrected chi connectivity index (χ3v) is 6.36. The number of hydrogen-bond donors (Lipinski definition) is 0. The lowest BCUT2D eigenvalue weighted by Gasteiger charge is -2.33. The number of carbonyl (C=O) groups is 1. The van der Waals surface area contributed by atoms with E-state index < -0.39 is 5.82 Å². The van der Waals surface area contributed by atoms with Gasteiger partial charge in [-0.3, -0.25) is 14.5 Å². The number of nitrogens with zero attached hydrogens (tertiary/aromatic N) is 4. The van der Waals surface area contributed by atoms with Gasteiger partial charge in [-0.25, -0.2) is 4.39 Å². The van der Waals surface area contributed by atoms with Crippen LogP contribution in [0.4, 0.5) is 4.39 Å². The number of carbonyl (C=O) groups excluding carboxylic acids is 1. The van der Waals surface area contributed by atoms with Crippen molar-refractivity contribution in [3.8, 4) is 22.8 Å². The van der Waals surface area contributed by atoms with E-state index in [-0.39, 0.29) is 22.7 Å². The quantitative estimate of drug-likeness (QED) is 0.330. The minimum Gasteiger partial charge on any atom is -0.456 e. The van der Waals surface area contributed by atoms with Crippen LogP contribution in [0.1, 0.15) is 18.9 Å². The lowest BCUT2D eigenvalue weighted by atomic mass is 10.0. The van der Waals surface area contributed by atoms with Gasteiger partial charge in [0.2, 0.25) is 5.91 Å². The van der Waals surface area contributed by atoms with Crippen molar-refractivity contribution in [2.24, 2.45) is 0 Å². The maximum Gasteiger partial charge on any atom is 0.246 e. The summed E-state index contributed by atoms with van der Waals surface area (Å²) < 4.78 is 21.5. The lowest BCUT2D eigenvalue weighted by molar-refractivity contribution is -0.127. The van der Waals surface area contributed by atoms with Gasteiger partial charge in [0.25, 0.3) is 0 Å². The highest BCUT2D eigenvalue weighted by atomic mass is 35.5. The Morgan fingerprint density at radius 3 is 2.82 bits per heavy atom. The molecule has 0 aliphatic carbocycles. The Morgan fingerprint density at radius 1 is 1.21 bits per heavy atom. The van der Waals surface area contributed by atoms with Crippen molar-refractivity contribution in [2.45, 2.75) is 18.9 Å². The Morgan fingerprint density at radius 2 is 2.03 bits per heavy atom. The predicted octanol–water partition coefficient (Wildman–Crippen LogP) is 6.03. The van der Waals surface area contributed by atoms with Crippen LogP contribution in [0.25, 0.3) is 22.2 Å². The molecule has 1 saturated heterocycles. The SMILES string of the molecule is C=CC(=O)N1CCCC(n2nc3ccncc3c2-c2ccc(Oc3cccc(F)c3Cl)cc2)C1. The van der Waals surface area contributed by atoms with Crippen LogP contribution in [0.15, 0.2) is 73.6 Å². The zero-order valence-electron chi connectivity index (χ0n) is 18.3. The molecule has 0 radical (unpaired) electrons. The molecule has 5 rings (SSSR count). The third-order valence-electron chi connectivity index (χ3n) is 6.00. The van der Waals surface area contributed by atoms with E-state index in [2.05, 4.69) is 11.6 Å². The molecule has 1 fully saturated rings. The Kier molecular flexibility index (Phi) is 6.02. The monoisotopic (exact) mass is 476 g/mol. The molecule has 172 valence electrons. The summed E-state index contributed by atoms with van der Waals surface area (Å²) in [6, 6.07) is 13.8. The van der Waals surface area contributed by atoms with Crippen LogP contribution in [-0.4, -0.2) is 38.7 Å². The molecule has 34 heavy (non-hydrogen) atoms. The van der Waals surface area contributed by atoms with E-state index in [4.69, 9.17) is 21.4 Å². The topological polar surface area (TPSA) is 60.2 Å². The molecule has 4 aromatic rings. The van der Waals surface area contributed by atoms with Crippen molar-refractivity contribution in [1.29, 1.82) is 0 Å². The molecular formula is C26H22ClFN4O2. The fourth-order valence-corrected chi connectivity index (χ4v) is 4.52. The summed E-state index contributed by atoms with van der Waals surface area (Å²) in [4.78, 5) is 18.3. The van der Waals surface area contributed by atoms with Crippen LogP contribution in [0.2, 0.25) is 5.02 Å². The first-order valence-corrected chi connectivity index (χ1v) is 11.4. The molecule has 8 heteroatoms. The zero-order chi connectivity index (χ0) is 23.7. The van der Waals surface area contributed by atoms with Crippen LogP contribution in [0, 0.1) is 5.82 Å². The molecule has 1 aliphatic rings. The van der Waals surface area contributed by atoms with Gasteiger partial charge < -0.3 is 9.64 Å². The molecule has 2 aromatic carbocycles. The number of halogens is 2. The third kappa shape index (κ3) is 4.15. The lowest BCUT2D eigenvalue weighted by Crippen LogP contribution is -2.40. The van der Waals surface area contributed by atoms with E-state index in [0.717, 1.165) is 35.0 Å². The molecule has 0 spiro atoms. The molecule has 2 aromatic heterocycles. The number of ether oxygens (including phenoxy) is 1. The van der Waals surface area contributed by atoms with Gasteiger partial charge in [0.15, 0.2) is 0 Å². The number of rotatable bonds is 5. The van der Waals surface area contributed by atoms with Crippen LogP contribution in [-0.2, 0) is 4.79 Å². The van der Waals surface area contributed by atoms with Crippen molar-refractivity contribution in [1.82, 2.24) is 19.7 Å². The summed E-state index contributed by atoms with van der Waals surface area (Å²) in [5, 5.41) is 5.74. The van der Waals surface area contributed by atoms with Gasteiger partial charge in [0, 0.05) is 36.4 Å². The summed E-state index contributed by atoms with van der Waals surface area (Å²) in [7, 11) is 0. The summed E-state index contributed by atoms with van der Waals surface area (Å²) in [5.74, 6) is 0.186. The fraction of sp³-hybridized carbons (Fsp3) is 0.192. The first-order valence-electron chi connectivity index (χ1n) is 11.0. The van der Waals surface area contributed by atoms with Gasteiger partial charge in [0.1, 0.15) is 22.3 Å². The largest absolute Gasteiger partial charge is 0.456 e. The Bertz CT molecular complexity index is 1370. The number of benzene rings is 2. The molecule has 3 heterocycles. The maximum atomic E-state index is 13.7. The molecule has 1 aliphatic heterocycles. The number of amides is 1. The molecule has 1 amide bonds. The normalized spacial score (nSPS) is 15.9. The smallest absolute Gasteiger partial charge is 0.246 e. The van der Waals surface area contributed by atoms with Crippen molar-refractivity contribution in [2.75, 3.05) is 13.1 Å². The summed E-state index contributed by atoms with van der Waals surface area (Å²) in [5.41, 5.74) is 2.70. The number of piperidine rings is 1. The van der Waals surface area contributed by atoms with Crippen LogP contribution >= 0.6 is 11.6 Å². The van der Waals surface area contributed by atoms with Crippen LogP contribution < -0.4 is 4.74 Å². The van der Waals surface area contributed by atoms with Crippen molar-refractivity contribution < 1.29 is 13.9 Å². The number of likely N-dealkylation sites (tertiary alicyclic amines) is 1. The van der Waals surface area contributed by atoms with E-state index >= 15 is 0 Å². The Labute approximate surface area is 201 Å².